The molecule has 0 aromatic heterocycles. The quantitative estimate of drug-likeness (QED) is 0.595. The Kier molecular flexibility index (Phi) is 6.43. The van der Waals surface area contributed by atoms with Crippen LogP contribution in [-0.4, -0.2) is 14.7 Å². The topological polar surface area (TPSA) is 9.23 Å². The summed E-state index contributed by atoms with van der Waals surface area (Å²) >= 11 is 0. The van der Waals surface area contributed by atoms with E-state index in [1.165, 1.54) is 25.7 Å². The van der Waals surface area contributed by atoms with Crippen molar-refractivity contribution >= 4 is 8.05 Å². The van der Waals surface area contributed by atoms with E-state index in [2.05, 4.69) is 41.5 Å². The van der Waals surface area contributed by atoms with Gasteiger partial charge in [-0.1, -0.05) is 60.8 Å². The summed E-state index contributed by atoms with van der Waals surface area (Å²) in [5.74, 6) is 4.12. The first kappa shape index (κ1) is 17.1. The van der Waals surface area contributed by atoms with Crippen LogP contribution < -0.4 is 0 Å². The molecular formula is C17H35BO. The Bertz CT molecular complexity index is 262. The molecule has 19 heavy (non-hydrogen) atoms. The third-order valence-electron chi connectivity index (χ3n) is 6.61. The molecule has 0 aliphatic heterocycles. The summed E-state index contributed by atoms with van der Waals surface area (Å²) in [6.07, 6.45) is 5.57. The Hall–Kier alpha value is 0.0249. The summed E-state index contributed by atoms with van der Waals surface area (Å²) in [6, 6.07) is 0. The fourth-order valence-electron chi connectivity index (χ4n) is 3.93. The Morgan fingerprint density at radius 2 is 1.68 bits per heavy atom. The van der Waals surface area contributed by atoms with E-state index < -0.39 is 0 Å². The predicted molar refractivity (Wildman–Crippen MR) is 86.9 cm³/mol. The lowest BCUT2D eigenvalue weighted by Crippen LogP contribution is -2.42. The highest BCUT2D eigenvalue weighted by molar-refractivity contribution is 5.97. The molecule has 2 heteroatoms. The van der Waals surface area contributed by atoms with Gasteiger partial charge in [0.25, 0.3) is 8.05 Å². The lowest BCUT2D eigenvalue weighted by molar-refractivity contribution is -0.00132. The number of hydrogen-bond donors (Lipinski definition) is 0. The summed E-state index contributed by atoms with van der Waals surface area (Å²) in [6.45, 7) is 15.6. The summed E-state index contributed by atoms with van der Waals surface area (Å²) in [7, 11) is 1.83. The normalized spacial score (nSPS) is 24.6. The van der Waals surface area contributed by atoms with Gasteiger partial charge in [0, 0.05) is 6.61 Å². The molecule has 0 saturated heterocycles. The molecule has 0 aromatic rings. The molecular weight excluding hydrogens is 231 g/mol. The Morgan fingerprint density at radius 1 is 1.11 bits per heavy atom. The molecule has 1 fully saturated rings. The van der Waals surface area contributed by atoms with Gasteiger partial charge in [0.15, 0.2) is 0 Å². The second-order valence-electron chi connectivity index (χ2n) is 7.62. The van der Waals surface area contributed by atoms with E-state index in [0.29, 0.717) is 5.41 Å². The maximum Gasteiger partial charge on any atom is 0.257 e. The van der Waals surface area contributed by atoms with Crippen LogP contribution in [-0.2, 0) is 4.65 Å². The molecule has 1 aliphatic carbocycles. The van der Waals surface area contributed by atoms with Crippen LogP contribution in [0.15, 0.2) is 0 Å². The Balaban J connectivity index is 2.80. The molecule has 0 N–H and O–H groups in total. The van der Waals surface area contributed by atoms with Crippen LogP contribution in [0.4, 0.5) is 0 Å². The van der Waals surface area contributed by atoms with Gasteiger partial charge in [-0.3, -0.25) is 0 Å². The molecule has 1 rings (SSSR count). The van der Waals surface area contributed by atoms with Crippen molar-refractivity contribution in [3.63, 3.8) is 0 Å². The van der Waals surface area contributed by atoms with Crippen LogP contribution in [0.1, 0.15) is 67.2 Å². The smallest absolute Gasteiger partial charge is 0.257 e. The molecule has 4 atom stereocenters. The van der Waals surface area contributed by atoms with Crippen molar-refractivity contribution in [2.45, 2.75) is 67.2 Å². The van der Waals surface area contributed by atoms with Gasteiger partial charge in [0.05, 0.1) is 0 Å². The molecule has 1 nitrogen and oxygen atoms in total. The molecule has 0 amide bonds. The molecule has 0 bridgehead atoms. The van der Waals surface area contributed by atoms with Crippen LogP contribution in [0, 0.1) is 35.0 Å². The highest BCUT2D eigenvalue weighted by Crippen LogP contribution is 2.49. The molecule has 0 radical (unpaired) electrons. The number of rotatable bonds is 8. The fourth-order valence-corrected chi connectivity index (χ4v) is 3.93. The molecule has 1 aliphatic rings. The minimum atomic E-state index is 0.402. The van der Waals surface area contributed by atoms with Crippen molar-refractivity contribution in [1.29, 1.82) is 0 Å². The zero-order valence-corrected chi connectivity index (χ0v) is 14.3. The molecule has 4 unspecified atom stereocenters. The van der Waals surface area contributed by atoms with Crippen LogP contribution in [0.5, 0.6) is 0 Å². The molecule has 0 spiro atoms. The average Bonchev–Trinajstić information content (AvgIpc) is 2.31. The highest BCUT2D eigenvalue weighted by atomic mass is 16.4. The zero-order chi connectivity index (χ0) is 14.6. The van der Waals surface area contributed by atoms with Crippen molar-refractivity contribution in [3.05, 3.63) is 0 Å². The lowest BCUT2D eigenvalue weighted by atomic mass is 9.57. The van der Waals surface area contributed by atoms with E-state index in [0.717, 1.165) is 36.2 Å². The Labute approximate surface area is 122 Å². The molecule has 0 aromatic carbocycles. The largest absolute Gasteiger partial charge is 0.444 e. The van der Waals surface area contributed by atoms with Gasteiger partial charge in [0.1, 0.15) is 0 Å². The summed E-state index contributed by atoms with van der Waals surface area (Å²) < 4.78 is 5.40. The second-order valence-corrected chi connectivity index (χ2v) is 7.62. The lowest BCUT2D eigenvalue weighted by Gasteiger charge is -2.48. The zero-order valence-electron chi connectivity index (χ0n) is 14.3. The van der Waals surface area contributed by atoms with Crippen molar-refractivity contribution in [3.8, 4) is 0 Å². The number of hydrogen-bond acceptors (Lipinski definition) is 1. The van der Waals surface area contributed by atoms with Crippen molar-refractivity contribution in [2.75, 3.05) is 6.61 Å². The van der Waals surface area contributed by atoms with E-state index in [4.69, 9.17) is 4.65 Å². The minimum Gasteiger partial charge on any atom is -0.444 e. The van der Waals surface area contributed by atoms with E-state index in [-0.39, 0.29) is 0 Å². The second kappa shape index (κ2) is 7.15. The van der Waals surface area contributed by atoms with Gasteiger partial charge >= 0.3 is 0 Å². The summed E-state index contributed by atoms with van der Waals surface area (Å²) in [5, 5.41) is 0. The van der Waals surface area contributed by atoms with Crippen LogP contribution in [0.2, 0.25) is 0 Å². The van der Waals surface area contributed by atoms with Crippen LogP contribution in [0.3, 0.4) is 0 Å². The van der Waals surface area contributed by atoms with E-state index in [1.54, 1.807) is 0 Å². The first-order valence-corrected chi connectivity index (χ1v) is 8.33. The monoisotopic (exact) mass is 266 g/mol. The maximum absolute atomic E-state index is 5.40. The summed E-state index contributed by atoms with van der Waals surface area (Å²) in [5.41, 5.74) is 0.402. The van der Waals surface area contributed by atoms with Gasteiger partial charge in [-0.2, -0.15) is 0 Å². The summed E-state index contributed by atoms with van der Waals surface area (Å²) in [4.78, 5) is 0. The fraction of sp³-hybridized carbons (Fsp3) is 1.00. The van der Waals surface area contributed by atoms with Gasteiger partial charge in [-0.15, -0.1) is 0 Å². The standard InChI is InChI=1S/C17H35BO/c1-12(2)14(4)17(6,10-11-19-18)15(5)13(3)16-8-7-9-16/h12-16H,7-11,18H2,1-6H3. The van der Waals surface area contributed by atoms with E-state index in [9.17, 15) is 0 Å². The molecule has 112 valence electrons. The minimum absolute atomic E-state index is 0.402. The third-order valence-corrected chi connectivity index (χ3v) is 6.61. The van der Waals surface area contributed by atoms with Gasteiger partial charge in [0.2, 0.25) is 0 Å². The van der Waals surface area contributed by atoms with Crippen molar-refractivity contribution < 1.29 is 4.65 Å². The van der Waals surface area contributed by atoms with Crippen molar-refractivity contribution in [1.82, 2.24) is 0 Å². The molecule has 1 saturated carbocycles. The average molecular weight is 266 g/mol. The van der Waals surface area contributed by atoms with E-state index in [1.807, 2.05) is 8.05 Å². The Morgan fingerprint density at radius 3 is 2.05 bits per heavy atom. The SMILES string of the molecule is BOCCC(C)(C(C)C(C)C)C(C)C(C)C1CCC1. The first-order chi connectivity index (χ1) is 8.84. The van der Waals surface area contributed by atoms with E-state index >= 15 is 0 Å². The van der Waals surface area contributed by atoms with Gasteiger partial charge in [-0.25, -0.2) is 0 Å². The molecule has 0 heterocycles. The van der Waals surface area contributed by atoms with Gasteiger partial charge in [-0.05, 0) is 41.4 Å². The van der Waals surface area contributed by atoms with Gasteiger partial charge < -0.3 is 4.65 Å². The van der Waals surface area contributed by atoms with Crippen LogP contribution >= 0.6 is 0 Å². The maximum atomic E-state index is 5.40. The third kappa shape index (κ3) is 3.77. The predicted octanol–water partition coefficient (Wildman–Crippen LogP) is 4.31. The van der Waals surface area contributed by atoms with Crippen molar-refractivity contribution in [2.24, 2.45) is 35.0 Å². The van der Waals surface area contributed by atoms with Crippen LogP contribution in [0.25, 0.3) is 0 Å². The first-order valence-electron chi connectivity index (χ1n) is 8.33. The highest BCUT2D eigenvalue weighted by Gasteiger charge is 2.42.